The van der Waals surface area contributed by atoms with Crippen LogP contribution in [0, 0.1) is 0 Å². The van der Waals surface area contributed by atoms with Gasteiger partial charge in [-0.2, -0.15) is 0 Å². The highest BCUT2D eigenvalue weighted by Crippen LogP contribution is 2.39. The molecule has 2 aliphatic heterocycles. The minimum absolute atomic E-state index is 0.118. The third-order valence-electron chi connectivity index (χ3n) is 3.85. The molecule has 6 heteroatoms. The molecule has 3 rings (SSSR count). The normalized spacial score (nSPS) is 30.8. The van der Waals surface area contributed by atoms with E-state index in [4.69, 9.17) is 23.7 Å². The summed E-state index contributed by atoms with van der Waals surface area (Å²) in [5, 5.41) is 0. The highest BCUT2D eigenvalue weighted by molar-refractivity contribution is 5.76. The molecule has 4 atom stereocenters. The van der Waals surface area contributed by atoms with Crippen LogP contribution < -0.4 is 0 Å². The SMILES string of the molecule is C=CCOC(=O)[C@H]1O[C@@H]2OC(C)(C)O[C@@H]2[C@H]1OCc1ccccc1. The second kappa shape index (κ2) is 7.03. The van der Waals surface area contributed by atoms with Gasteiger partial charge in [-0.05, 0) is 19.4 Å². The average Bonchev–Trinajstić information content (AvgIpc) is 3.03. The highest BCUT2D eigenvalue weighted by atomic mass is 16.8. The zero-order valence-corrected chi connectivity index (χ0v) is 13.8. The monoisotopic (exact) mass is 334 g/mol. The Kier molecular flexibility index (Phi) is 5.01. The number of hydrogen-bond acceptors (Lipinski definition) is 6. The van der Waals surface area contributed by atoms with Crippen LogP contribution >= 0.6 is 0 Å². The maximum absolute atomic E-state index is 12.2. The van der Waals surface area contributed by atoms with Crippen molar-refractivity contribution in [2.45, 2.75) is 50.8 Å². The number of benzene rings is 1. The summed E-state index contributed by atoms with van der Waals surface area (Å²) in [6.07, 6.45) is -1.12. The Morgan fingerprint density at radius 2 is 2.04 bits per heavy atom. The molecule has 0 bridgehead atoms. The predicted molar refractivity (Wildman–Crippen MR) is 84.9 cm³/mol. The van der Waals surface area contributed by atoms with Gasteiger partial charge in [0.15, 0.2) is 18.2 Å². The van der Waals surface area contributed by atoms with Crippen molar-refractivity contribution in [1.82, 2.24) is 0 Å². The molecule has 0 radical (unpaired) electrons. The van der Waals surface area contributed by atoms with E-state index in [0.29, 0.717) is 6.61 Å². The molecule has 2 saturated heterocycles. The molecule has 2 aliphatic rings. The van der Waals surface area contributed by atoms with Gasteiger partial charge in [0.25, 0.3) is 0 Å². The van der Waals surface area contributed by atoms with Gasteiger partial charge in [0.2, 0.25) is 0 Å². The molecule has 0 N–H and O–H groups in total. The maximum atomic E-state index is 12.2. The summed E-state index contributed by atoms with van der Waals surface area (Å²) in [4.78, 5) is 12.2. The van der Waals surface area contributed by atoms with Crippen LogP contribution in [0.1, 0.15) is 19.4 Å². The Labute approximate surface area is 141 Å². The Bertz CT molecular complexity index is 584. The van der Waals surface area contributed by atoms with E-state index in [0.717, 1.165) is 5.56 Å². The first-order valence-corrected chi connectivity index (χ1v) is 7.94. The zero-order chi connectivity index (χ0) is 17.2. The fourth-order valence-electron chi connectivity index (χ4n) is 2.84. The minimum atomic E-state index is -0.889. The lowest BCUT2D eigenvalue weighted by Crippen LogP contribution is -2.41. The van der Waals surface area contributed by atoms with E-state index in [1.54, 1.807) is 13.8 Å². The van der Waals surface area contributed by atoms with Crippen molar-refractivity contribution in [3.8, 4) is 0 Å². The Balaban J connectivity index is 1.71. The summed E-state index contributed by atoms with van der Waals surface area (Å²) in [5.74, 6) is -1.29. The van der Waals surface area contributed by atoms with Crippen LogP contribution in [0.25, 0.3) is 0 Å². The minimum Gasteiger partial charge on any atom is -0.459 e. The van der Waals surface area contributed by atoms with Crippen LogP contribution in [0.2, 0.25) is 0 Å². The van der Waals surface area contributed by atoms with Crippen LogP contribution in [0.3, 0.4) is 0 Å². The Morgan fingerprint density at radius 3 is 2.75 bits per heavy atom. The lowest BCUT2D eigenvalue weighted by atomic mass is 10.1. The molecule has 6 nitrogen and oxygen atoms in total. The van der Waals surface area contributed by atoms with E-state index in [2.05, 4.69) is 6.58 Å². The van der Waals surface area contributed by atoms with Crippen molar-refractivity contribution in [3.63, 3.8) is 0 Å². The fraction of sp³-hybridized carbons (Fsp3) is 0.500. The van der Waals surface area contributed by atoms with Crippen molar-refractivity contribution in [3.05, 3.63) is 48.6 Å². The summed E-state index contributed by atoms with van der Waals surface area (Å²) in [5.41, 5.74) is 0.998. The number of ether oxygens (including phenoxy) is 5. The van der Waals surface area contributed by atoms with Gasteiger partial charge in [-0.1, -0.05) is 43.0 Å². The quantitative estimate of drug-likeness (QED) is 0.587. The number of esters is 1. The molecule has 1 aromatic rings. The predicted octanol–water partition coefficient (Wildman–Crippen LogP) is 2.18. The summed E-state index contributed by atoms with van der Waals surface area (Å²) in [6.45, 7) is 7.59. The third kappa shape index (κ3) is 3.67. The molecule has 0 aromatic heterocycles. The molecule has 2 heterocycles. The lowest BCUT2D eigenvalue weighted by molar-refractivity contribution is -0.224. The van der Waals surface area contributed by atoms with Gasteiger partial charge < -0.3 is 23.7 Å². The van der Waals surface area contributed by atoms with Crippen molar-refractivity contribution in [2.24, 2.45) is 0 Å². The number of rotatable bonds is 6. The van der Waals surface area contributed by atoms with Gasteiger partial charge in [0, 0.05) is 0 Å². The van der Waals surface area contributed by atoms with E-state index in [9.17, 15) is 4.79 Å². The summed E-state index contributed by atoms with van der Waals surface area (Å²) >= 11 is 0. The molecular formula is C18H22O6. The molecular weight excluding hydrogens is 312 g/mol. The van der Waals surface area contributed by atoms with Gasteiger partial charge in [0.1, 0.15) is 18.8 Å². The molecule has 2 fully saturated rings. The largest absolute Gasteiger partial charge is 0.459 e. The van der Waals surface area contributed by atoms with Gasteiger partial charge in [-0.3, -0.25) is 0 Å². The zero-order valence-electron chi connectivity index (χ0n) is 13.8. The topological polar surface area (TPSA) is 63.2 Å². The van der Waals surface area contributed by atoms with Gasteiger partial charge in [0.05, 0.1) is 6.61 Å². The molecule has 130 valence electrons. The maximum Gasteiger partial charge on any atom is 0.338 e. The van der Waals surface area contributed by atoms with Crippen molar-refractivity contribution in [1.29, 1.82) is 0 Å². The number of hydrogen-bond donors (Lipinski definition) is 0. The standard InChI is InChI=1S/C18H22O6/c1-4-10-20-16(19)14-13(21-11-12-8-6-5-7-9-12)15-17(22-14)24-18(2,3)23-15/h4-9,13-15,17H,1,10-11H2,2-3H3/t13-,14-,15+,17+/m0/s1. The molecule has 0 unspecified atom stereocenters. The smallest absolute Gasteiger partial charge is 0.338 e. The van der Waals surface area contributed by atoms with Crippen LogP contribution in [-0.4, -0.2) is 43.0 Å². The van der Waals surface area contributed by atoms with E-state index in [1.165, 1.54) is 6.08 Å². The van der Waals surface area contributed by atoms with E-state index >= 15 is 0 Å². The summed E-state index contributed by atoms with van der Waals surface area (Å²) < 4.78 is 28.3. The fourth-order valence-corrected chi connectivity index (χ4v) is 2.84. The lowest BCUT2D eigenvalue weighted by Gasteiger charge is -2.25. The molecule has 0 saturated carbocycles. The van der Waals surface area contributed by atoms with E-state index in [-0.39, 0.29) is 6.61 Å². The van der Waals surface area contributed by atoms with E-state index < -0.39 is 36.4 Å². The molecule has 0 amide bonds. The first kappa shape index (κ1) is 17.1. The number of carbonyl (C=O) groups is 1. The molecule has 0 spiro atoms. The first-order chi connectivity index (χ1) is 11.5. The van der Waals surface area contributed by atoms with Crippen molar-refractivity contribution < 1.29 is 28.5 Å². The van der Waals surface area contributed by atoms with Gasteiger partial charge in [-0.15, -0.1) is 0 Å². The second-order valence-electron chi connectivity index (χ2n) is 6.21. The second-order valence-corrected chi connectivity index (χ2v) is 6.21. The van der Waals surface area contributed by atoms with Crippen LogP contribution in [-0.2, 0) is 35.1 Å². The van der Waals surface area contributed by atoms with Crippen LogP contribution in [0.15, 0.2) is 43.0 Å². The molecule has 24 heavy (non-hydrogen) atoms. The Morgan fingerprint density at radius 1 is 1.29 bits per heavy atom. The molecule has 1 aromatic carbocycles. The first-order valence-electron chi connectivity index (χ1n) is 7.94. The van der Waals surface area contributed by atoms with Crippen molar-refractivity contribution >= 4 is 5.97 Å². The number of carbonyl (C=O) groups excluding carboxylic acids is 1. The van der Waals surface area contributed by atoms with Crippen LogP contribution in [0.4, 0.5) is 0 Å². The van der Waals surface area contributed by atoms with Gasteiger partial charge in [-0.25, -0.2) is 4.79 Å². The van der Waals surface area contributed by atoms with Crippen molar-refractivity contribution in [2.75, 3.05) is 6.61 Å². The van der Waals surface area contributed by atoms with Crippen LogP contribution in [0.5, 0.6) is 0 Å². The average molecular weight is 334 g/mol. The van der Waals surface area contributed by atoms with Gasteiger partial charge >= 0.3 is 5.97 Å². The third-order valence-corrected chi connectivity index (χ3v) is 3.85. The summed E-state index contributed by atoms with van der Waals surface area (Å²) in [6, 6.07) is 9.70. The summed E-state index contributed by atoms with van der Waals surface area (Å²) in [7, 11) is 0. The Hall–Kier alpha value is -1.73. The highest BCUT2D eigenvalue weighted by Gasteiger charge is 2.58. The molecule has 0 aliphatic carbocycles. The number of fused-ring (bicyclic) bond motifs is 1. The van der Waals surface area contributed by atoms with E-state index in [1.807, 2.05) is 30.3 Å².